The second-order valence-corrected chi connectivity index (χ2v) is 5.50. The van der Waals surface area contributed by atoms with Gasteiger partial charge in [-0.15, -0.1) is 0 Å². The Morgan fingerprint density at radius 3 is 2.95 bits per heavy atom. The highest BCUT2D eigenvalue weighted by molar-refractivity contribution is 5.88. The molecule has 0 radical (unpaired) electrons. The molecule has 4 heteroatoms. The highest BCUT2D eigenvalue weighted by atomic mass is 16.2. The maximum absolute atomic E-state index is 12.7. The Bertz CT molecular complexity index is 474. The van der Waals surface area contributed by atoms with Crippen LogP contribution >= 0.6 is 0 Å². The summed E-state index contributed by atoms with van der Waals surface area (Å²) in [6, 6.07) is 8.16. The van der Waals surface area contributed by atoms with Crippen molar-refractivity contribution in [3.8, 4) is 0 Å². The van der Waals surface area contributed by atoms with Gasteiger partial charge in [0.25, 0.3) is 0 Å². The number of carbonyl (C=O) groups is 1. The van der Waals surface area contributed by atoms with Gasteiger partial charge < -0.3 is 15.1 Å². The molecule has 2 aliphatic rings. The third-order valence-corrected chi connectivity index (χ3v) is 4.16. The lowest BCUT2D eigenvalue weighted by Gasteiger charge is -2.24. The van der Waals surface area contributed by atoms with Crippen molar-refractivity contribution in [3.05, 3.63) is 29.8 Å². The maximum Gasteiger partial charge on any atom is 0.232 e. The standard InChI is InChI=1S/C15H21N3O/c1-17-7-4-8-18(10-9-17)15(19)13-11-16-14-6-3-2-5-12(13)14/h2-3,5-6,13,16H,4,7-11H2,1H3. The minimum atomic E-state index is -0.000365. The highest BCUT2D eigenvalue weighted by Crippen LogP contribution is 2.32. The molecule has 4 nitrogen and oxygen atoms in total. The first-order chi connectivity index (χ1) is 9.25. The smallest absolute Gasteiger partial charge is 0.232 e. The second kappa shape index (κ2) is 5.21. The summed E-state index contributed by atoms with van der Waals surface area (Å²) in [6.07, 6.45) is 1.07. The van der Waals surface area contributed by atoms with E-state index in [1.165, 1.54) is 0 Å². The number of anilines is 1. The molecular formula is C15H21N3O. The van der Waals surface area contributed by atoms with Gasteiger partial charge in [0.2, 0.25) is 5.91 Å². The van der Waals surface area contributed by atoms with Crippen molar-refractivity contribution >= 4 is 11.6 Å². The second-order valence-electron chi connectivity index (χ2n) is 5.50. The fourth-order valence-electron chi connectivity index (χ4n) is 2.99. The average molecular weight is 259 g/mol. The first-order valence-electron chi connectivity index (χ1n) is 7.06. The topological polar surface area (TPSA) is 35.6 Å². The van der Waals surface area contributed by atoms with E-state index in [1.807, 2.05) is 17.0 Å². The van der Waals surface area contributed by atoms with Gasteiger partial charge in [-0.1, -0.05) is 18.2 Å². The summed E-state index contributed by atoms with van der Waals surface area (Å²) < 4.78 is 0. The largest absolute Gasteiger partial charge is 0.384 e. The third-order valence-electron chi connectivity index (χ3n) is 4.16. The number of nitrogens with one attached hydrogen (secondary N) is 1. The van der Waals surface area contributed by atoms with E-state index in [1.54, 1.807) is 0 Å². The molecule has 0 bridgehead atoms. The Hall–Kier alpha value is -1.55. The lowest BCUT2D eigenvalue weighted by Crippen LogP contribution is -2.38. The predicted octanol–water partition coefficient (Wildman–Crippen LogP) is 1.36. The highest BCUT2D eigenvalue weighted by Gasteiger charge is 2.31. The van der Waals surface area contributed by atoms with E-state index in [4.69, 9.17) is 0 Å². The molecule has 2 aliphatic heterocycles. The molecule has 2 heterocycles. The summed E-state index contributed by atoms with van der Waals surface area (Å²) in [6.45, 7) is 4.55. The van der Waals surface area contributed by atoms with Gasteiger partial charge in [-0.3, -0.25) is 4.79 Å². The first-order valence-corrected chi connectivity index (χ1v) is 7.06. The quantitative estimate of drug-likeness (QED) is 0.827. The van der Waals surface area contributed by atoms with E-state index < -0.39 is 0 Å². The zero-order valence-electron chi connectivity index (χ0n) is 11.4. The number of fused-ring (bicyclic) bond motifs is 1. The number of likely N-dealkylation sites (N-methyl/N-ethyl adjacent to an activating group) is 1. The average Bonchev–Trinajstić information content (AvgIpc) is 2.74. The van der Waals surface area contributed by atoms with E-state index in [0.717, 1.165) is 50.4 Å². The SMILES string of the molecule is CN1CCCN(C(=O)C2CNc3ccccc32)CC1. The Balaban J connectivity index is 1.74. The van der Waals surface area contributed by atoms with Crippen LogP contribution in [0.1, 0.15) is 17.9 Å². The van der Waals surface area contributed by atoms with Crippen molar-refractivity contribution in [1.29, 1.82) is 0 Å². The fourth-order valence-corrected chi connectivity index (χ4v) is 2.99. The molecule has 1 saturated heterocycles. The fraction of sp³-hybridized carbons (Fsp3) is 0.533. The van der Waals surface area contributed by atoms with Crippen LogP contribution < -0.4 is 5.32 Å². The summed E-state index contributed by atoms with van der Waals surface area (Å²) in [5, 5.41) is 3.34. The van der Waals surface area contributed by atoms with E-state index >= 15 is 0 Å². The Labute approximate surface area is 114 Å². The van der Waals surface area contributed by atoms with Crippen molar-refractivity contribution < 1.29 is 4.79 Å². The molecule has 0 spiro atoms. The molecule has 1 fully saturated rings. The molecule has 0 saturated carbocycles. The van der Waals surface area contributed by atoms with Gasteiger partial charge in [-0.25, -0.2) is 0 Å². The van der Waals surface area contributed by atoms with E-state index in [-0.39, 0.29) is 11.8 Å². The van der Waals surface area contributed by atoms with Crippen LogP contribution in [0.5, 0.6) is 0 Å². The van der Waals surface area contributed by atoms with Gasteiger partial charge in [0.15, 0.2) is 0 Å². The van der Waals surface area contributed by atoms with Crippen molar-refractivity contribution in [2.75, 3.05) is 45.1 Å². The van der Waals surface area contributed by atoms with Crippen LogP contribution in [-0.4, -0.2) is 55.5 Å². The number of amides is 1. The monoisotopic (exact) mass is 259 g/mol. The molecule has 0 aliphatic carbocycles. The van der Waals surface area contributed by atoms with Gasteiger partial charge >= 0.3 is 0 Å². The zero-order chi connectivity index (χ0) is 13.2. The minimum absolute atomic E-state index is 0.000365. The molecule has 1 unspecified atom stereocenters. The van der Waals surface area contributed by atoms with Crippen molar-refractivity contribution in [1.82, 2.24) is 9.80 Å². The molecule has 3 rings (SSSR count). The number of hydrogen-bond donors (Lipinski definition) is 1. The van der Waals surface area contributed by atoms with Crippen LogP contribution in [-0.2, 0) is 4.79 Å². The number of benzene rings is 1. The summed E-state index contributed by atoms with van der Waals surface area (Å²) >= 11 is 0. The number of carbonyl (C=O) groups excluding carboxylic acids is 1. The summed E-state index contributed by atoms with van der Waals surface area (Å²) in [5.41, 5.74) is 2.28. The van der Waals surface area contributed by atoms with Crippen molar-refractivity contribution in [2.45, 2.75) is 12.3 Å². The van der Waals surface area contributed by atoms with Crippen molar-refractivity contribution in [2.24, 2.45) is 0 Å². The summed E-state index contributed by atoms with van der Waals surface area (Å²) in [4.78, 5) is 17.0. The van der Waals surface area contributed by atoms with Gasteiger partial charge in [0.1, 0.15) is 0 Å². The lowest BCUT2D eigenvalue weighted by molar-refractivity contribution is -0.132. The molecule has 1 aromatic rings. The van der Waals surface area contributed by atoms with Crippen LogP contribution in [0.3, 0.4) is 0 Å². The summed E-state index contributed by atoms with van der Waals surface area (Å²) in [7, 11) is 2.13. The van der Waals surface area contributed by atoms with Crippen LogP contribution in [0.25, 0.3) is 0 Å². The molecule has 0 aromatic heterocycles. The van der Waals surface area contributed by atoms with E-state index in [2.05, 4.69) is 29.4 Å². The molecule has 19 heavy (non-hydrogen) atoms. The van der Waals surface area contributed by atoms with Gasteiger partial charge in [0, 0.05) is 31.9 Å². The molecule has 1 amide bonds. The summed E-state index contributed by atoms with van der Waals surface area (Å²) in [5.74, 6) is 0.285. The Morgan fingerprint density at radius 2 is 2.05 bits per heavy atom. The first kappa shape index (κ1) is 12.5. The number of hydrogen-bond acceptors (Lipinski definition) is 3. The maximum atomic E-state index is 12.7. The van der Waals surface area contributed by atoms with Gasteiger partial charge in [-0.2, -0.15) is 0 Å². The molecule has 102 valence electrons. The predicted molar refractivity (Wildman–Crippen MR) is 76.4 cm³/mol. The van der Waals surface area contributed by atoms with E-state index in [0.29, 0.717) is 0 Å². The number of para-hydroxylation sites is 1. The number of rotatable bonds is 1. The number of nitrogens with zero attached hydrogens (tertiary/aromatic N) is 2. The van der Waals surface area contributed by atoms with E-state index in [9.17, 15) is 4.79 Å². The third kappa shape index (κ3) is 2.45. The molecular weight excluding hydrogens is 238 g/mol. The van der Waals surface area contributed by atoms with Crippen molar-refractivity contribution in [3.63, 3.8) is 0 Å². The lowest BCUT2D eigenvalue weighted by atomic mass is 10.00. The van der Waals surface area contributed by atoms with Gasteiger partial charge in [-0.05, 0) is 31.6 Å². The normalized spacial score (nSPS) is 23.6. The minimum Gasteiger partial charge on any atom is -0.384 e. The molecule has 1 atom stereocenters. The Morgan fingerprint density at radius 1 is 1.21 bits per heavy atom. The molecule has 1 aromatic carbocycles. The zero-order valence-corrected chi connectivity index (χ0v) is 11.4. The van der Waals surface area contributed by atoms with Crippen LogP contribution in [0.15, 0.2) is 24.3 Å². The van der Waals surface area contributed by atoms with Crippen LogP contribution in [0, 0.1) is 0 Å². The molecule has 1 N–H and O–H groups in total. The van der Waals surface area contributed by atoms with Crippen LogP contribution in [0.2, 0.25) is 0 Å². The van der Waals surface area contributed by atoms with Gasteiger partial charge in [0.05, 0.1) is 5.92 Å². The Kier molecular flexibility index (Phi) is 3.42. The van der Waals surface area contributed by atoms with Crippen LogP contribution in [0.4, 0.5) is 5.69 Å².